The van der Waals surface area contributed by atoms with Crippen LogP contribution in [0.15, 0.2) is 0 Å². The van der Waals surface area contributed by atoms with Crippen molar-refractivity contribution in [1.82, 2.24) is 3.53 Å². The third-order valence-corrected chi connectivity index (χ3v) is 5.71. The van der Waals surface area contributed by atoms with Gasteiger partial charge in [-0.1, -0.05) is 19.8 Å². The number of hydrogen-bond acceptors (Lipinski definition) is 1. The molecule has 0 unspecified atom stereocenters. The molecular formula is C16H34IN2O-. The molecule has 0 saturated heterocycles. The van der Waals surface area contributed by atoms with Gasteiger partial charge in [-0.25, -0.2) is 0 Å². The van der Waals surface area contributed by atoms with E-state index in [1.807, 2.05) is 0 Å². The molecule has 0 aromatic heterocycles. The van der Waals surface area contributed by atoms with Gasteiger partial charge >= 0.3 is 117 Å². The van der Waals surface area contributed by atoms with Crippen molar-refractivity contribution in [1.29, 1.82) is 0 Å². The van der Waals surface area contributed by atoms with Crippen molar-refractivity contribution in [3.8, 4) is 0 Å². The number of carbonyl (C=O) groups excluding carboxylic acids is 1. The molecule has 122 valence electrons. The van der Waals surface area contributed by atoms with Crippen LogP contribution in [0.3, 0.4) is 0 Å². The number of nitrogens with one attached hydrogen (secondary N) is 1. The summed E-state index contributed by atoms with van der Waals surface area (Å²) in [4.78, 5) is 10.5. The Hall–Kier alpha value is 0. The Kier molecular flexibility index (Phi) is 17.1. The summed E-state index contributed by atoms with van der Waals surface area (Å²) < 4.78 is 3.90. The zero-order chi connectivity index (χ0) is 14.9. The summed E-state index contributed by atoms with van der Waals surface area (Å²) in [6.45, 7) is 2.27. The van der Waals surface area contributed by atoms with E-state index in [-0.39, 0.29) is 27.5 Å². The van der Waals surface area contributed by atoms with E-state index < -0.39 is 0 Å². The van der Waals surface area contributed by atoms with Gasteiger partial charge in [0.2, 0.25) is 0 Å². The second kappa shape index (κ2) is 17.1. The van der Waals surface area contributed by atoms with E-state index in [1.165, 1.54) is 87.9 Å². The van der Waals surface area contributed by atoms with E-state index in [2.05, 4.69) is 10.5 Å². The number of halogens is 1. The second-order valence-corrected chi connectivity index (χ2v) is 7.90. The van der Waals surface area contributed by atoms with Gasteiger partial charge in [0.15, 0.2) is 0 Å². The number of nitrogens with two attached hydrogens (primary N) is 1. The van der Waals surface area contributed by atoms with Crippen LogP contribution in [0.1, 0.15) is 90.4 Å². The van der Waals surface area contributed by atoms with Crippen LogP contribution >= 0.6 is 0 Å². The van der Waals surface area contributed by atoms with Crippen molar-refractivity contribution in [3.05, 3.63) is 0 Å². The summed E-state index contributed by atoms with van der Waals surface area (Å²) in [6, 6.07) is -0.354. The predicted octanol–water partition coefficient (Wildman–Crippen LogP) is 1.75. The summed E-state index contributed by atoms with van der Waals surface area (Å²) in [5, 5.41) is 0. The number of primary amides is 1. The Labute approximate surface area is 136 Å². The molecule has 0 heterocycles. The molecule has 4 heteroatoms. The summed E-state index contributed by atoms with van der Waals surface area (Å²) in [6.07, 6.45) is 18.1. The number of hydrogen-bond donors (Lipinski definition) is 2. The SMILES string of the molecule is CCCCCCCCCCCCCCC[I-]NC(N)=O. The van der Waals surface area contributed by atoms with Crippen LogP contribution in [0.4, 0.5) is 4.79 Å². The van der Waals surface area contributed by atoms with Crippen LogP contribution in [-0.4, -0.2) is 10.5 Å². The molecule has 20 heavy (non-hydrogen) atoms. The van der Waals surface area contributed by atoms with Gasteiger partial charge in [0.25, 0.3) is 0 Å². The van der Waals surface area contributed by atoms with Gasteiger partial charge in [-0.15, -0.1) is 0 Å². The van der Waals surface area contributed by atoms with Crippen LogP contribution < -0.4 is 30.7 Å². The average molecular weight is 397 g/mol. The molecule has 0 saturated carbocycles. The Morgan fingerprint density at radius 3 is 1.60 bits per heavy atom. The molecule has 2 amide bonds. The number of urea groups is 1. The van der Waals surface area contributed by atoms with Gasteiger partial charge in [-0.05, 0) is 0 Å². The van der Waals surface area contributed by atoms with Gasteiger partial charge in [-0.3, -0.25) is 0 Å². The van der Waals surface area contributed by atoms with Crippen molar-refractivity contribution in [2.24, 2.45) is 5.73 Å². The van der Waals surface area contributed by atoms with Crippen molar-refractivity contribution in [2.45, 2.75) is 90.4 Å². The molecule has 0 aliphatic carbocycles. The van der Waals surface area contributed by atoms with E-state index in [1.54, 1.807) is 0 Å². The second-order valence-electron chi connectivity index (χ2n) is 5.52. The maximum absolute atomic E-state index is 10.5. The molecule has 0 radical (unpaired) electrons. The monoisotopic (exact) mass is 397 g/mol. The Morgan fingerprint density at radius 1 is 0.800 bits per heavy atom. The molecule has 0 atom stereocenters. The van der Waals surface area contributed by atoms with Crippen molar-refractivity contribution >= 4 is 6.03 Å². The molecule has 0 aromatic rings. The van der Waals surface area contributed by atoms with E-state index in [9.17, 15) is 4.79 Å². The van der Waals surface area contributed by atoms with Crippen LogP contribution in [0.2, 0.25) is 0 Å². The fourth-order valence-corrected chi connectivity index (χ4v) is 3.86. The van der Waals surface area contributed by atoms with E-state index in [4.69, 9.17) is 5.73 Å². The van der Waals surface area contributed by atoms with Crippen LogP contribution in [0.5, 0.6) is 0 Å². The fourth-order valence-electron chi connectivity index (χ4n) is 2.29. The van der Waals surface area contributed by atoms with Gasteiger partial charge in [0.05, 0.1) is 0 Å². The Morgan fingerprint density at radius 2 is 1.20 bits per heavy atom. The van der Waals surface area contributed by atoms with Gasteiger partial charge in [0, 0.05) is 0 Å². The maximum atomic E-state index is 10.5. The molecule has 0 aliphatic heterocycles. The fraction of sp³-hybridized carbons (Fsp3) is 0.938. The van der Waals surface area contributed by atoms with Crippen molar-refractivity contribution in [3.63, 3.8) is 0 Å². The topological polar surface area (TPSA) is 55.1 Å². The zero-order valence-electron chi connectivity index (χ0n) is 13.3. The van der Waals surface area contributed by atoms with Gasteiger partial charge in [-0.2, -0.15) is 0 Å². The van der Waals surface area contributed by atoms with Crippen molar-refractivity contribution in [2.75, 3.05) is 4.43 Å². The number of alkyl halides is 1. The van der Waals surface area contributed by atoms with Crippen LogP contribution in [-0.2, 0) is 0 Å². The summed E-state index contributed by atoms with van der Waals surface area (Å²) in [5.74, 6) is 0. The molecule has 0 bridgehead atoms. The Bertz CT molecular complexity index is 213. The van der Waals surface area contributed by atoms with Gasteiger partial charge in [0.1, 0.15) is 0 Å². The normalized spacial score (nSPS) is 10.8. The van der Waals surface area contributed by atoms with E-state index >= 15 is 0 Å². The van der Waals surface area contributed by atoms with E-state index in [0.29, 0.717) is 0 Å². The molecule has 0 aromatic carbocycles. The van der Waals surface area contributed by atoms with Crippen LogP contribution in [0, 0.1) is 0 Å². The average Bonchev–Trinajstić information content (AvgIpc) is 2.43. The number of carbonyl (C=O) groups is 1. The molecule has 0 rings (SSSR count). The summed E-state index contributed by atoms with van der Waals surface area (Å²) in [5.41, 5.74) is 5.02. The quantitative estimate of drug-likeness (QED) is 0.188. The zero-order valence-corrected chi connectivity index (χ0v) is 15.4. The first-order valence-electron chi connectivity index (χ1n) is 8.41. The first-order chi connectivity index (χ1) is 9.77. The first kappa shape index (κ1) is 20.0. The third kappa shape index (κ3) is 18.0. The number of rotatable bonds is 15. The standard InChI is InChI=1S/C16H34IN2O/c1-2-3-4-5-6-7-8-9-10-11-12-13-14-15-17-19-16(18)20/h2-15H2,1H3,(H3,18,19,20)/q-1. The third-order valence-electron chi connectivity index (χ3n) is 3.49. The molecule has 0 spiro atoms. The Balaban J connectivity index is 2.94. The van der Waals surface area contributed by atoms with Crippen molar-refractivity contribution < 1.29 is 26.3 Å². The van der Waals surface area contributed by atoms with Crippen LogP contribution in [0.25, 0.3) is 0 Å². The molecule has 3 N–H and O–H groups in total. The van der Waals surface area contributed by atoms with Gasteiger partial charge < -0.3 is 0 Å². The summed E-state index contributed by atoms with van der Waals surface area (Å²) in [7, 11) is 0. The number of unbranched alkanes of at least 4 members (excludes halogenated alkanes) is 12. The molecule has 0 fully saturated rings. The minimum absolute atomic E-state index is 0.181. The molecule has 0 aliphatic rings. The number of amides is 2. The predicted molar refractivity (Wildman–Crippen MR) is 83.3 cm³/mol. The molecule has 3 nitrogen and oxygen atoms in total. The van der Waals surface area contributed by atoms with E-state index in [0.717, 1.165) is 0 Å². The summed E-state index contributed by atoms with van der Waals surface area (Å²) >= 11 is -0.181. The molecular weight excluding hydrogens is 363 g/mol. The minimum atomic E-state index is -0.354. The first-order valence-corrected chi connectivity index (χ1v) is 11.0.